The number of carbonyl (C=O) groups is 1. The molecule has 0 amide bonds. The van der Waals surface area contributed by atoms with Crippen LogP contribution in [-0.2, 0) is 0 Å². The molecule has 58 valence electrons. The summed E-state index contributed by atoms with van der Waals surface area (Å²) in [4.78, 5) is 11.0. The van der Waals surface area contributed by atoms with Gasteiger partial charge in [-0.15, -0.1) is 0 Å². The fourth-order valence-corrected chi connectivity index (χ4v) is 1.13. The van der Waals surface area contributed by atoms with Crippen molar-refractivity contribution in [3.8, 4) is 0 Å². The predicted octanol–water partition coefficient (Wildman–Crippen LogP) is 2.45. The van der Waals surface area contributed by atoms with Gasteiger partial charge in [0.15, 0.2) is 5.78 Å². The van der Waals surface area contributed by atoms with Gasteiger partial charge in [0.25, 0.3) is 0 Å². The Morgan fingerprint density at radius 2 is 2.27 bits per heavy atom. The Kier molecular flexibility index (Phi) is 2.97. The molecule has 0 saturated carbocycles. The Hall–Kier alpha value is -0.470. The van der Waals surface area contributed by atoms with Crippen molar-refractivity contribution in [2.45, 2.75) is 0 Å². The minimum absolute atomic E-state index is 0.00386. The lowest BCUT2D eigenvalue weighted by Gasteiger charge is -1.96. The van der Waals surface area contributed by atoms with Gasteiger partial charge in [-0.1, -0.05) is 23.7 Å². The topological polar surface area (TPSA) is 17.1 Å². The first kappa shape index (κ1) is 8.62. The number of carbonyl (C=O) groups excluding carboxylic acids is 1. The third-order valence-corrected chi connectivity index (χ3v) is 1.81. The van der Waals surface area contributed by atoms with Crippen molar-refractivity contribution in [3.05, 3.63) is 34.9 Å². The molecule has 1 rings (SSSR count). The first-order chi connectivity index (χ1) is 5.24. The summed E-state index contributed by atoms with van der Waals surface area (Å²) in [5.41, 5.74) is 0.618. The lowest BCUT2D eigenvalue weighted by molar-refractivity contribution is 0.102. The molecule has 0 radical (unpaired) electrons. The second-order valence-corrected chi connectivity index (χ2v) is 2.84. The van der Waals surface area contributed by atoms with Gasteiger partial charge in [0.2, 0.25) is 0 Å². The van der Waals surface area contributed by atoms with Gasteiger partial charge >= 0.3 is 0 Å². The average Bonchev–Trinajstić information content (AvgIpc) is 2.03. The zero-order valence-corrected chi connectivity index (χ0v) is 7.40. The highest BCUT2D eigenvalue weighted by atomic mass is 35.5. The molecule has 0 aromatic heterocycles. The third kappa shape index (κ3) is 2.24. The molecule has 0 aliphatic carbocycles. The zero-order valence-electron chi connectivity index (χ0n) is 5.75. The molecule has 0 N–H and O–H groups in total. The maximum atomic E-state index is 11.0. The van der Waals surface area contributed by atoms with E-state index in [1.807, 2.05) is 0 Å². The summed E-state index contributed by atoms with van der Waals surface area (Å²) in [5.74, 6) is 0.219. The van der Waals surface area contributed by atoms with E-state index in [1.165, 1.54) is 0 Å². The number of Topliss-reactive ketones (excluding diaryl/α,β-unsaturated/α-hetero) is 1. The zero-order chi connectivity index (χ0) is 8.27. The summed E-state index contributed by atoms with van der Waals surface area (Å²) in [7, 11) is 0. The summed E-state index contributed by atoms with van der Waals surface area (Å²) in [6.07, 6.45) is 0. The molecular weight excluding hydrogens is 180 g/mol. The van der Waals surface area contributed by atoms with E-state index in [2.05, 4.69) is 12.6 Å². The number of halogens is 1. The van der Waals surface area contributed by atoms with Gasteiger partial charge in [-0.2, -0.15) is 12.6 Å². The van der Waals surface area contributed by atoms with Crippen molar-refractivity contribution in [2.75, 3.05) is 5.75 Å². The predicted molar refractivity (Wildman–Crippen MR) is 49.6 cm³/mol. The lowest BCUT2D eigenvalue weighted by atomic mass is 10.1. The van der Waals surface area contributed by atoms with Crippen LogP contribution in [0.1, 0.15) is 10.4 Å². The van der Waals surface area contributed by atoms with Crippen molar-refractivity contribution in [3.63, 3.8) is 0 Å². The van der Waals surface area contributed by atoms with Crippen LogP contribution in [0.5, 0.6) is 0 Å². The highest BCUT2D eigenvalue weighted by Gasteiger charge is 2.01. The van der Waals surface area contributed by atoms with E-state index >= 15 is 0 Å². The maximum Gasteiger partial charge on any atom is 0.172 e. The van der Waals surface area contributed by atoms with Crippen LogP contribution in [0.15, 0.2) is 24.3 Å². The standard InChI is InChI=1S/C8H7ClOS/c9-7-3-1-2-6(4-7)8(10)5-11/h1-4,11H,5H2. The average molecular weight is 187 g/mol. The van der Waals surface area contributed by atoms with E-state index < -0.39 is 0 Å². The molecule has 0 heterocycles. The fourth-order valence-electron chi connectivity index (χ4n) is 0.753. The van der Waals surface area contributed by atoms with Crippen LogP contribution >= 0.6 is 24.2 Å². The first-order valence-corrected chi connectivity index (χ1v) is 4.14. The molecule has 1 aromatic rings. The van der Waals surface area contributed by atoms with Gasteiger partial charge in [0, 0.05) is 10.6 Å². The van der Waals surface area contributed by atoms with Crippen LogP contribution in [0.25, 0.3) is 0 Å². The molecule has 0 bridgehead atoms. The van der Waals surface area contributed by atoms with Crippen LogP contribution in [-0.4, -0.2) is 11.5 Å². The molecule has 1 nitrogen and oxygen atoms in total. The summed E-state index contributed by atoms with van der Waals surface area (Å²) < 4.78 is 0. The number of hydrogen-bond acceptors (Lipinski definition) is 2. The maximum absolute atomic E-state index is 11.0. The van der Waals surface area contributed by atoms with E-state index in [4.69, 9.17) is 11.6 Å². The third-order valence-electron chi connectivity index (χ3n) is 1.29. The van der Waals surface area contributed by atoms with Gasteiger partial charge in [-0.25, -0.2) is 0 Å². The Balaban J connectivity index is 2.96. The summed E-state index contributed by atoms with van der Waals surface area (Å²) >= 11 is 9.54. The number of hydrogen-bond donors (Lipinski definition) is 1. The lowest BCUT2D eigenvalue weighted by Crippen LogP contribution is -1.99. The second-order valence-electron chi connectivity index (χ2n) is 2.09. The van der Waals surface area contributed by atoms with E-state index in [0.717, 1.165) is 0 Å². The van der Waals surface area contributed by atoms with Crippen LogP contribution in [0.3, 0.4) is 0 Å². The fraction of sp³-hybridized carbons (Fsp3) is 0.125. The highest BCUT2D eigenvalue weighted by molar-refractivity contribution is 7.81. The molecule has 0 aliphatic rings. The Bertz CT molecular complexity index is 273. The van der Waals surface area contributed by atoms with Crippen LogP contribution in [0, 0.1) is 0 Å². The quantitative estimate of drug-likeness (QED) is 0.555. The van der Waals surface area contributed by atoms with Crippen LogP contribution in [0.4, 0.5) is 0 Å². The smallest absolute Gasteiger partial charge is 0.172 e. The second kappa shape index (κ2) is 3.79. The summed E-state index contributed by atoms with van der Waals surface area (Å²) in [6.45, 7) is 0. The van der Waals surface area contributed by atoms with E-state index in [-0.39, 0.29) is 11.5 Å². The molecular formula is C8H7ClOS. The van der Waals surface area contributed by atoms with Crippen molar-refractivity contribution >= 4 is 30.0 Å². The normalized spacial score (nSPS) is 9.64. The molecule has 11 heavy (non-hydrogen) atoms. The highest BCUT2D eigenvalue weighted by Crippen LogP contribution is 2.11. The van der Waals surface area contributed by atoms with Gasteiger partial charge < -0.3 is 0 Å². The minimum atomic E-state index is -0.00386. The Labute approximate surface area is 75.8 Å². The number of thiol groups is 1. The Morgan fingerprint density at radius 3 is 2.82 bits per heavy atom. The molecule has 0 atom stereocenters. The van der Waals surface area contributed by atoms with Crippen molar-refractivity contribution in [1.82, 2.24) is 0 Å². The van der Waals surface area contributed by atoms with Crippen molar-refractivity contribution in [2.24, 2.45) is 0 Å². The number of ketones is 1. The van der Waals surface area contributed by atoms with Crippen LogP contribution in [0.2, 0.25) is 5.02 Å². The number of benzene rings is 1. The van der Waals surface area contributed by atoms with Gasteiger partial charge in [-0.3, -0.25) is 4.79 Å². The van der Waals surface area contributed by atoms with Crippen LogP contribution < -0.4 is 0 Å². The minimum Gasteiger partial charge on any atom is -0.293 e. The molecule has 3 heteroatoms. The first-order valence-electron chi connectivity index (χ1n) is 3.13. The van der Waals surface area contributed by atoms with Gasteiger partial charge in [0.1, 0.15) is 0 Å². The van der Waals surface area contributed by atoms with E-state index in [1.54, 1.807) is 24.3 Å². The largest absolute Gasteiger partial charge is 0.293 e. The Morgan fingerprint density at radius 1 is 1.55 bits per heavy atom. The monoisotopic (exact) mass is 186 g/mol. The molecule has 0 aliphatic heterocycles. The molecule has 0 unspecified atom stereocenters. The summed E-state index contributed by atoms with van der Waals surface area (Å²) in [5, 5.41) is 0.581. The molecule has 1 aromatic carbocycles. The van der Waals surface area contributed by atoms with Crippen molar-refractivity contribution < 1.29 is 4.79 Å². The SMILES string of the molecule is O=C(CS)c1cccc(Cl)c1. The van der Waals surface area contributed by atoms with E-state index in [9.17, 15) is 4.79 Å². The van der Waals surface area contributed by atoms with Gasteiger partial charge in [0.05, 0.1) is 5.75 Å². The number of rotatable bonds is 2. The van der Waals surface area contributed by atoms with Crippen molar-refractivity contribution in [1.29, 1.82) is 0 Å². The molecule has 0 fully saturated rings. The molecule has 0 spiro atoms. The summed E-state index contributed by atoms with van der Waals surface area (Å²) in [6, 6.07) is 6.85. The molecule has 0 saturated heterocycles. The van der Waals surface area contributed by atoms with Gasteiger partial charge in [-0.05, 0) is 12.1 Å². The van der Waals surface area contributed by atoms with E-state index in [0.29, 0.717) is 10.6 Å².